The van der Waals surface area contributed by atoms with Crippen molar-refractivity contribution in [1.82, 2.24) is 9.29 Å². The van der Waals surface area contributed by atoms with E-state index in [1.54, 1.807) is 18.4 Å². The quantitative estimate of drug-likeness (QED) is 0.841. The molecule has 2 N–H and O–H groups in total. The molecule has 1 rings (SSSR count). The highest BCUT2D eigenvalue weighted by Gasteiger charge is 2.28. The average molecular weight is 314 g/mol. The lowest BCUT2D eigenvalue weighted by molar-refractivity contribution is -0.132. The van der Waals surface area contributed by atoms with Crippen molar-refractivity contribution in [3.63, 3.8) is 0 Å². The molecule has 0 aromatic carbocycles. The first-order chi connectivity index (χ1) is 9.07. The molecule has 0 fully saturated rings. The van der Waals surface area contributed by atoms with E-state index in [4.69, 9.17) is 5.11 Å². The fraction of sp³-hybridized carbons (Fsp3) is 0.636. The minimum atomic E-state index is -4.41. The van der Waals surface area contributed by atoms with E-state index in [1.807, 2.05) is 4.72 Å². The van der Waals surface area contributed by atoms with Gasteiger partial charge in [0, 0.05) is 24.5 Å². The van der Waals surface area contributed by atoms with E-state index >= 15 is 0 Å². The highest BCUT2D eigenvalue weighted by atomic mass is 32.2. The zero-order valence-corrected chi connectivity index (χ0v) is 11.9. The van der Waals surface area contributed by atoms with Crippen LogP contribution in [0.25, 0.3) is 0 Å². The Hall–Kier alpha value is -1.06. The Morgan fingerprint density at radius 1 is 1.40 bits per heavy atom. The molecule has 0 spiro atoms. The molecule has 20 heavy (non-hydrogen) atoms. The van der Waals surface area contributed by atoms with Crippen molar-refractivity contribution in [1.29, 1.82) is 0 Å². The van der Waals surface area contributed by atoms with Gasteiger partial charge in [0.15, 0.2) is 0 Å². The molecule has 116 valence electrons. The minimum absolute atomic E-state index is 0.0729. The van der Waals surface area contributed by atoms with Crippen molar-refractivity contribution in [2.24, 2.45) is 0 Å². The molecule has 1 heterocycles. The first-order valence-corrected chi connectivity index (χ1v) is 7.43. The van der Waals surface area contributed by atoms with E-state index in [2.05, 4.69) is 0 Å². The van der Waals surface area contributed by atoms with Crippen LogP contribution in [0.4, 0.5) is 13.2 Å². The van der Waals surface area contributed by atoms with Crippen LogP contribution >= 0.6 is 0 Å². The third-order valence-corrected chi connectivity index (χ3v) is 4.06. The number of nitrogens with one attached hydrogen (secondary N) is 1. The summed E-state index contributed by atoms with van der Waals surface area (Å²) in [5.41, 5.74) is 0.385. The maximum Gasteiger partial charge on any atom is 0.390 e. The van der Waals surface area contributed by atoms with Gasteiger partial charge in [-0.1, -0.05) is 0 Å². The van der Waals surface area contributed by atoms with Crippen LogP contribution < -0.4 is 4.72 Å². The number of aliphatic hydroxyl groups is 1. The van der Waals surface area contributed by atoms with Crippen LogP contribution in [0.15, 0.2) is 17.2 Å². The summed E-state index contributed by atoms with van der Waals surface area (Å²) in [5, 5.41) is 9.14. The van der Waals surface area contributed by atoms with Crippen molar-refractivity contribution >= 4 is 10.0 Å². The van der Waals surface area contributed by atoms with E-state index in [0.29, 0.717) is 5.69 Å². The number of rotatable bonds is 6. The van der Waals surface area contributed by atoms with E-state index in [9.17, 15) is 21.6 Å². The Balaban J connectivity index is 2.88. The zero-order chi connectivity index (χ0) is 15.6. The number of aromatic nitrogens is 1. The number of sulfonamides is 1. The second-order valence-electron chi connectivity index (χ2n) is 4.59. The lowest BCUT2D eigenvalue weighted by atomic mass is 10.3. The SMILES string of the molecule is CC(C)n1cc(S(=O)(=O)NCCC(F)(F)F)cc1CO. The molecule has 0 atom stereocenters. The van der Waals surface area contributed by atoms with Gasteiger partial charge in [0.1, 0.15) is 0 Å². The van der Waals surface area contributed by atoms with Crippen molar-refractivity contribution in [3.05, 3.63) is 18.0 Å². The number of aliphatic hydroxyl groups excluding tert-OH is 1. The van der Waals surface area contributed by atoms with Crippen molar-refractivity contribution < 1.29 is 26.7 Å². The Morgan fingerprint density at radius 3 is 2.40 bits per heavy atom. The van der Waals surface area contributed by atoms with E-state index in [1.165, 1.54) is 12.3 Å². The number of halogens is 3. The molecule has 5 nitrogen and oxygen atoms in total. The molecule has 0 aliphatic carbocycles. The van der Waals surface area contributed by atoms with Crippen LogP contribution in [0.3, 0.4) is 0 Å². The maximum atomic E-state index is 12.0. The Kier molecular flexibility index (Phi) is 5.22. The predicted molar refractivity (Wildman–Crippen MR) is 66.6 cm³/mol. The monoisotopic (exact) mass is 314 g/mol. The summed E-state index contributed by atoms with van der Waals surface area (Å²) in [6.07, 6.45) is -4.35. The number of alkyl halides is 3. The van der Waals surface area contributed by atoms with Gasteiger partial charge in [0.25, 0.3) is 0 Å². The summed E-state index contributed by atoms with van der Waals surface area (Å²) in [6, 6.07) is 1.17. The number of nitrogens with zero attached hydrogens (tertiary/aromatic N) is 1. The van der Waals surface area contributed by atoms with Crippen LogP contribution in [0.1, 0.15) is 32.0 Å². The van der Waals surface area contributed by atoms with Gasteiger partial charge >= 0.3 is 6.18 Å². The van der Waals surface area contributed by atoms with Gasteiger partial charge in [-0.2, -0.15) is 13.2 Å². The Morgan fingerprint density at radius 2 is 2.00 bits per heavy atom. The standard InChI is InChI=1S/C11H17F3N2O3S/c1-8(2)16-6-10(5-9(16)7-17)20(18,19)15-4-3-11(12,13)14/h5-6,8,15,17H,3-4,7H2,1-2H3. The molecule has 9 heteroatoms. The lowest BCUT2D eigenvalue weighted by Crippen LogP contribution is -2.27. The first-order valence-electron chi connectivity index (χ1n) is 5.95. The molecule has 0 amide bonds. The molecule has 1 aromatic rings. The number of hydrogen-bond acceptors (Lipinski definition) is 3. The molecular weight excluding hydrogens is 297 g/mol. The second-order valence-corrected chi connectivity index (χ2v) is 6.36. The summed E-state index contributed by atoms with van der Waals surface area (Å²) < 4.78 is 63.1. The largest absolute Gasteiger partial charge is 0.390 e. The molecular formula is C11H17F3N2O3S. The molecule has 0 saturated heterocycles. The van der Waals surface area contributed by atoms with Gasteiger partial charge < -0.3 is 9.67 Å². The fourth-order valence-electron chi connectivity index (χ4n) is 1.66. The molecule has 0 radical (unpaired) electrons. The normalized spacial score (nSPS) is 13.2. The Bertz CT molecular complexity index is 550. The molecule has 0 aliphatic heterocycles. The molecule has 1 aromatic heterocycles. The van der Waals surface area contributed by atoms with Gasteiger partial charge in [0.05, 0.1) is 17.9 Å². The predicted octanol–water partition coefficient (Wildman–Crippen LogP) is 1.79. The second kappa shape index (κ2) is 6.15. The lowest BCUT2D eigenvalue weighted by Gasteiger charge is -2.10. The van der Waals surface area contributed by atoms with Crippen LogP contribution in [-0.2, 0) is 16.6 Å². The number of hydrogen-bond donors (Lipinski definition) is 2. The van der Waals surface area contributed by atoms with Crippen molar-refractivity contribution in [3.8, 4) is 0 Å². The van der Waals surface area contributed by atoms with Crippen molar-refractivity contribution in [2.75, 3.05) is 6.54 Å². The van der Waals surface area contributed by atoms with Gasteiger partial charge in [0.2, 0.25) is 10.0 Å². The van der Waals surface area contributed by atoms with Crippen molar-refractivity contribution in [2.45, 2.75) is 44.0 Å². The Labute approximate surface area is 115 Å². The summed E-state index contributed by atoms with van der Waals surface area (Å²) in [6.45, 7) is 2.53. The minimum Gasteiger partial charge on any atom is -0.390 e. The van der Waals surface area contributed by atoms with Gasteiger partial charge in [-0.3, -0.25) is 0 Å². The topological polar surface area (TPSA) is 71.3 Å². The third kappa shape index (κ3) is 4.50. The van der Waals surface area contributed by atoms with Crippen LogP contribution in [0.5, 0.6) is 0 Å². The highest BCUT2D eigenvalue weighted by molar-refractivity contribution is 7.89. The third-order valence-electron chi connectivity index (χ3n) is 2.64. The molecule has 0 aliphatic rings. The fourth-order valence-corrected chi connectivity index (χ4v) is 2.74. The van der Waals surface area contributed by atoms with Gasteiger partial charge in [-0.15, -0.1) is 0 Å². The van der Waals surface area contributed by atoms with Gasteiger partial charge in [-0.25, -0.2) is 13.1 Å². The first kappa shape index (κ1) is 17.0. The average Bonchev–Trinajstić information content (AvgIpc) is 2.71. The van der Waals surface area contributed by atoms with Crippen LogP contribution in [0, 0.1) is 0 Å². The van der Waals surface area contributed by atoms with Gasteiger partial charge in [-0.05, 0) is 19.9 Å². The van der Waals surface area contributed by atoms with Crippen LogP contribution in [-0.4, -0.2) is 30.8 Å². The summed E-state index contributed by atoms with van der Waals surface area (Å²) >= 11 is 0. The molecule has 0 saturated carbocycles. The zero-order valence-electron chi connectivity index (χ0n) is 11.1. The van der Waals surface area contributed by atoms with Crippen LogP contribution in [0.2, 0.25) is 0 Å². The molecule has 0 unspecified atom stereocenters. The summed E-state index contributed by atoms with van der Waals surface area (Å²) in [4.78, 5) is -0.155. The van der Waals surface area contributed by atoms with E-state index in [-0.39, 0.29) is 17.5 Å². The van der Waals surface area contributed by atoms with E-state index in [0.717, 1.165) is 0 Å². The summed E-state index contributed by atoms with van der Waals surface area (Å²) in [5.74, 6) is 0. The van der Waals surface area contributed by atoms with E-state index < -0.39 is 29.2 Å². The maximum absolute atomic E-state index is 12.0. The smallest absolute Gasteiger partial charge is 0.390 e. The molecule has 0 bridgehead atoms. The summed E-state index contributed by atoms with van der Waals surface area (Å²) in [7, 11) is -4.01. The highest BCUT2D eigenvalue weighted by Crippen LogP contribution is 2.21.